The highest BCUT2D eigenvalue weighted by Crippen LogP contribution is 2.14. The molecule has 2 aromatic heterocycles. The fourth-order valence-electron chi connectivity index (χ4n) is 2.90. The van der Waals surface area contributed by atoms with E-state index < -0.39 is 0 Å². The molecule has 3 aromatic rings. The van der Waals surface area contributed by atoms with E-state index in [1.165, 1.54) is 0 Å². The summed E-state index contributed by atoms with van der Waals surface area (Å²) in [7, 11) is 0. The van der Waals surface area contributed by atoms with Gasteiger partial charge in [0.1, 0.15) is 24.5 Å². The van der Waals surface area contributed by atoms with Gasteiger partial charge in [0.15, 0.2) is 5.65 Å². The molecular formula is C17H20N6O. The minimum absolute atomic E-state index is 0.717. The van der Waals surface area contributed by atoms with Crippen molar-refractivity contribution in [2.75, 3.05) is 44.2 Å². The molecule has 24 heavy (non-hydrogen) atoms. The van der Waals surface area contributed by atoms with E-state index in [1.807, 2.05) is 42.5 Å². The van der Waals surface area contributed by atoms with E-state index in [0.29, 0.717) is 0 Å². The standard InChI is InChI=1S/C17H20N6O/c1-2-4-15(5-3-1)24-13-12-21-8-10-22(11-9-21)17-7-6-16-19-18-14-23(16)20-17/h1-7,14H,8-13H2. The third-order valence-electron chi connectivity index (χ3n) is 4.26. The zero-order valence-electron chi connectivity index (χ0n) is 13.5. The molecule has 3 heterocycles. The van der Waals surface area contributed by atoms with E-state index in [-0.39, 0.29) is 0 Å². The van der Waals surface area contributed by atoms with Crippen LogP contribution in [0.3, 0.4) is 0 Å². The van der Waals surface area contributed by atoms with Crippen molar-refractivity contribution >= 4 is 11.5 Å². The van der Waals surface area contributed by atoms with Crippen LogP contribution >= 0.6 is 0 Å². The van der Waals surface area contributed by atoms with Gasteiger partial charge in [-0.3, -0.25) is 4.90 Å². The van der Waals surface area contributed by atoms with E-state index in [2.05, 4.69) is 25.1 Å². The van der Waals surface area contributed by atoms with Crippen LogP contribution in [0.15, 0.2) is 48.8 Å². The normalized spacial score (nSPS) is 15.8. The average molecular weight is 324 g/mol. The van der Waals surface area contributed by atoms with Crippen molar-refractivity contribution in [3.63, 3.8) is 0 Å². The van der Waals surface area contributed by atoms with E-state index in [1.54, 1.807) is 10.8 Å². The zero-order valence-corrected chi connectivity index (χ0v) is 13.5. The number of para-hydroxylation sites is 1. The molecule has 0 amide bonds. The highest BCUT2D eigenvalue weighted by molar-refractivity contribution is 5.45. The number of hydrogen-bond acceptors (Lipinski definition) is 6. The Kier molecular flexibility index (Phi) is 4.24. The van der Waals surface area contributed by atoms with Gasteiger partial charge < -0.3 is 9.64 Å². The number of hydrogen-bond donors (Lipinski definition) is 0. The van der Waals surface area contributed by atoms with Gasteiger partial charge in [-0.1, -0.05) is 18.2 Å². The van der Waals surface area contributed by atoms with Gasteiger partial charge >= 0.3 is 0 Å². The predicted octanol–water partition coefficient (Wildman–Crippen LogP) is 1.33. The molecule has 1 saturated heterocycles. The summed E-state index contributed by atoms with van der Waals surface area (Å²) in [6.07, 6.45) is 1.63. The molecule has 1 aliphatic heterocycles. The molecule has 0 unspecified atom stereocenters. The molecular weight excluding hydrogens is 304 g/mol. The van der Waals surface area contributed by atoms with Crippen LogP contribution in [0.1, 0.15) is 0 Å². The number of aromatic nitrogens is 4. The number of fused-ring (bicyclic) bond motifs is 1. The van der Waals surface area contributed by atoms with Crippen LogP contribution in [0, 0.1) is 0 Å². The molecule has 1 fully saturated rings. The lowest BCUT2D eigenvalue weighted by Crippen LogP contribution is -2.47. The minimum atomic E-state index is 0.717. The van der Waals surface area contributed by atoms with Crippen molar-refractivity contribution in [2.24, 2.45) is 0 Å². The topological polar surface area (TPSA) is 58.8 Å². The van der Waals surface area contributed by atoms with E-state index >= 15 is 0 Å². The molecule has 0 spiro atoms. The second kappa shape index (κ2) is 6.84. The molecule has 4 rings (SSSR count). The molecule has 7 nitrogen and oxygen atoms in total. The van der Waals surface area contributed by atoms with Gasteiger partial charge in [0.25, 0.3) is 0 Å². The van der Waals surface area contributed by atoms with Crippen LogP contribution in [0.5, 0.6) is 5.75 Å². The smallest absolute Gasteiger partial charge is 0.177 e. The number of benzene rings is 1. The number of ether oxygens (including phenoxy) is 1. The summed E-state index contributed by atoms with van der Waals surface area (Å²) < 4.78 is 7.49. The Bertz CT molecular complexity index is 782. The highest BCUT2D eigenvalue weighted by atomic mass is 16.5. The van der Waals surface area contributed by atoms with Gasteiger partial charge in [-0.2, -0.15) is 4.52 Å². The second-order valence-electron chi connectivity index (χ2n) is 5.82. The van der Waals surface area contributed by atoms with Crippen molar-refractivity contribution in [3.8, 4) is 5.75 Å². The van der Waals surface area contributed by atoms with Crippen LogP contribution in [0.2, 0.25) is 0 Å². The van der Waals surface area contributed by atoms with Crippen molar-refractivity contribution in [1.82, 2.24) is 24.7 Å². The van der Waals surface area contributed by atoms with E-state index in [0.717, 1.165) is 56.5 Å². The lowest BCUT2D eigenvalue weighted by Gasteiger charge is -2.35. The lowest BCUT2D eigenvalue weighted by atomic mass is 10.3. The Morgan fingerprint density at radius 3 is 2.62 bits per heavy atom. The molecule has 0 atom stereocenters. The molecule has 0 radical (unpaired) electrons. The SMILES string of the molecule is c1ccc(OCCN2CCN(c3ccc4nncn4n3)CC2)cc1. The summed E-state index contributed by atoms with van der Waals surface area (Å²) in [4.78, 5) is 4.73. The summed E-state index contributed by atoms with van der Waals surface area (Å²) >= 11 is 0. The summed E-state index contributed by atoms with van der Waals surface area (Å²) in [5, 5.41) is 12.4. The van der Waals surface area contributed by atoms with Gasteiger partial charge in [-0.05, 0) is 24.3 Å². The molecule has 0 aliphatic carbocycles. The van der Waals surface area contributed by atoms with Gasteiger partial charge in [0.05, 0.1) is 0 Å². The fraction of sp³-hybridized carbons (Fsp3) is 0.353. The quantitative estimate of drug-likeness (QED) is 0.706. The molecule has 0 N–H and O–H groups in total. The van der Waals surface area contributed by atoms with Crippen molar-refractivity contribution < 1.29 is 4.74 Å². The first-order chi connectivity index (χ1) is 11.9. The van der Waals surface area contributed by atoms with Gasteiger partial charge in [0.2, 0.25) is 0 Å². The Morgan fingerprint density at radius 2 is 1.79 bits per heavy atom. The van der Waals surface area contributed by atoms with Gasteiger partial charge in [0, 0.05) is 32.7 Å². The average Bonchev–Trinajstić information content (AvgIpc) is 3.11. The second-order valence-corrected chi connectivity index (χ2v) is 5.82. The van der Waals surface area contributed by atoms with E-state index in [9.17, 15) is 0 Å². The number of nitrogens with zero attached hydrogens (tertiary/aromatic N) is 6. The maximum Gasteiger partial charge on any atom is 0.177 e. The highest BCUT2D eigenvalue weighted by Gasteiger charge is 2.18. The maximum absolute atomic E-state index is 5.77. The van der Waals surface area contributed by atoms with E-state index in [4.69, 9.17) is 4.74 Å². The Morgan fingerprint density at radius 1 is 0.958 bits per heavy atom. The monoisotopic (exact) mass is 324 g/mol. The van der Waals surface area contributed by atoms with Gasteiger partial charge in [-0.25, -0.2) is 0 Å². The summed E-state index contributed by atoms with van der Waals surface area (Å²) in [5.41, 5.74) is 0.774. The van der Waals surface area contributed by atoms with Crippen LogP contribution in [-0.4, -0.2) is 64.0 Å². The molecule has 124 valence electrons. The van der Waals surface area contributed by atoms with Crippen LogP contribution in [-0.2, 0) is 0 Å². The molecule has 1 aromatic carbocycles. The van der Waals surface area contributed by atoms with Crippen LogP contribution in [0.25, 0.3) is 5.65 Å². The molecule has 0 saturated carbocycles. The van der Waals surface area contributed by atoms with Crippen LogP contribution in [0.4, 0.5) is 5.82 Å². The summed E-state index contributed by atoms with van der Waals surface area (Å²) in [5.74, 6) is 1.91. The number of piperazine rings is 1. The van der Waals surface area contributed by atoms with Crippen LogP contribution < -0.4 is 9.64 Å². The Labute approximate surface area is 140 Å². The number of rotatable bonds is 5. The molecule has 0 bridgehead atoms. The Hall–Kier alpha value is -2.67. The zero-order chi connectivity index (χ0) is 16.2. The van der Waals surface area contributed by atoms with Crippen molar-refractivity contribution in [3.05, 3.63) is 48.8 Å². The first-order valence-electron chi connectivity index (χ1n) is 8.21. The number of anilines is 1. The first-order valence-corrected chi connectivity index (χ1v) is 8.21. The molecule has 7 heteroatoms. The third-order valence-corrected chi connectivity index (χ3v) is 4.26. The summed E-state index contributed by atoms with van der Waals surface area (Å²) in [6.45, 7) is 5.62. The Balaban J connectivity index is 1.27. The van der Waals surface area contributed by atoms with Crippen molar-refractivity contribution in [1.29, 1.82) is 0 Å². The van der Waals surface area contributed by atoms with Gasteiger partial charge in [-0.15, -0.1) is 15.3 Å². The minimum Gasteiger partial charge on any atom is -0.492 e. The molecule has 1 aliphatic rings. The largest absolute Gasteiger partial charge is 0.492 e. The maximum atomic E-state index is 5.77. The lowest BCUT2D eigenvalue weighted by molar-refractivity contribution is 0.200. The fourth-order valence-corrected chi connectivity index (χ4v) is 2.90. The summed E-state index contributed by atoms with van der Waals surface area (Å²) in [6, 6.07) is 13.9. The predicted molar refractivity (Wildman–Crippen MR) is 91.4 cm³/mol. The third kappa shape index (κ3) is 3.30. The van der Waals surface area contributed by atoms with Crippen molar-refractivity contribution in [2.45, 2.75) is 0 Å². The first kappa shape index (κ1) is 14.9.